The van der Waals surface area contributed by atoms with Gasteiger partial charge < -0.3 is 15.0 Å². The second-order valence-electron chi connectivity index (χ2n) is 6.16. The van der Waals surface area contributed by atoms with Crippen LogP contribution < -0.4 is 15.0 Å². The number of amides is 1. The zero-order chi connectivity index (χ0) is 16.4. The topological polar surface area (TPSA) is 67.3 Å². The van der Waals surface area contributed by atoms with Crippen LogP contribution in [0.25, 0.3) is 0 Å². The molecule has 24 heavy (non-hydrogen) atoms. The van der Waals surface area contributed by atoms with Crippen LogP contribution in [0.5, 0.6) is 5.75 Å². The van der Waals surface area contributed by atoms with Crippen LogP contribution in [0.1, 0.15) is 31.0 Å². The molecule has 0 spiro atoms. The fourth-order valence-electron chi connectivity index (χ4n) is 2.86. The van der Waals surface area contributed by atoms with Crippen molar-refractivity contribution in [2.24, 2.45) is 0 Å². The lowest BCUT2D eigenvalue weighted by Gasteiger charge is -2.29. The molecule has 1 aliphatic carbocycles. The van der Waals surface area contributed by atoms with Gasteiger partial charge in [-0.1, -0.05) is 12.1 Å². The molecule has 124 valence electrons. The van der Waals surface area contributed by atoms with Crippen molar-refractivity contribution in [1.29, 1.82) is 0 Å². The predicted octanol–water partition coefficient (Wildman–Crippen LogP) is 2.58. The van der Waals surface area contributed by atoms with Crippen LogP contribution in [-0.4, -0.2) is 35.6 Å². The third kappa shape index (κ3) is 3.18. The summed E-state index contributed by atoms with van der Waals surface area (Å²) in [7, 11) is 0. The molecule has 1 amide bonds. The molecule has 2 aliphatic rings. The number of hydrogen-bond acceptors (Lipinski definition) is 5. The van der Waals surface area contributed by atoms with E-state index in [1.165, 1.54) is 12.8 Å². The van der Waals surface area contributed by atoms with Gasteiger partial charge in [0.15, 0.2) is 6.61 Å². The predicted molar refractivity (Wildman–Crippen MR) is 91.4 cm³/mol. The van der Waals surface area contributed by atoms with Gasteiger partial charge >= 0.3 is 0 Å². The number of anilines is 2. The first-order valence-corrected chi connectivity index (χ1v) is 8.40. The summed E-state index contributed by atoms with van der Waals surface area (Å²) in [5.74, 6) is 3.13. The van der Waals surface area contributed by atoms with Crippen molar-refractivity contribution in [3.63, 3.8) is 0 Å². The molecule has 1 saturated carbocycles. The molecular weight excluding hydrogens is 304 g/mol. The Hall–Kier alpha value is -2.63. The van der Waals surface area contributed by atoms with Crippen LogP contribution >= 0.6 is 0 Å². The number of nitrogens with one attached hydrogen (secondary N) is 1. The van der Waals surface area contributed by atoms with Crippen LogP contribution in [0.2, 0.25) is 0 Å². The molecular formula is C18H20N4O2. The van der Waals surface area contributed by atoms with E-state index >= 15 is 0 Å². The molecule has 4 rings (SSSR count). The third-order valence-electron chi connectivity index (χ3n) is 4.29. The van der Waals surface area contributed by atoms with Crippen molar-refractivity contribution in [3.05, 3.63) is 42.4 Å². The monoisotopic (exact) mass is 324 g/mol. The molecule has 1 fully saturated rings. The molecule has 1 aromatic carbocycles. The smallest absolute Gasteiger partial charge is 0.265 e. The summed E-state index contributed by atoms with van der Waals surface area (Å²) in [5.41, 5.74) is 0.854. The molecule has 0 radical (unpaired) electrons. The Morgan fingerprint density at radius 1 is 1.25 bits per heavy atom. The summed E-state index contributed by atoms with van der Waals surface area (Å²) < 4.78 is 5.46. The fraction of sp³-hybridized carbons (Fsp3) is 0.389. The van der Waals surface area contributed by atoms with Crippen molar-refractivity contribution in [3.8, 4) is 5.75 Å². The number of para-hydroxylation sites is 2. The maximum atomic E-state index is 12.1. The molecule has 1 aromatic heterocycles. The Kier molecular flexibility index (Phi) is 4.02. The molecule has 1 N–H and O–H groups in total. The highest BCUT2D eigenvalue weighted by atomic mass is 16.5. The minimum Gasteiger partial charge on any atom is -0.482 e. The second kappa shape index (κ2) is 6.47. The van der Waals surface area contributed by atoms with Gasteiger partial charge in [-0.15, -0.1) is 0 Å². The van der Waals surface area contributed by atoms with Gasteiger partial charge in [0.05, 0.1) is 5.69 Å². The van der Waals surface area contributed by atoms with Crippen LogP contribution in [-0.2, 0) is 4.79 Å². The number of nitrogens with zero attached hydrogens (tertiary/aromatic N) is 3. The average Bonchev–Trinajstić information content (AvgIpc) is 3.46. The van der Waals surface area contributed by atoms with Gasteiger partial charge in [0.1, 0.15) is 17.4 Å². The van der Waals surface area contributed by atoms with Gasteiger partial charge in [-0.3, -0.25) is 4.79 Å². The Balaban J connectivity index is 1.33. The van der Waals surface area contributed by atoms with Crippen molar-refractivity contribution >= 4 is 17.4 Å². The van der Waals surface area contributed by atoms with Crippen LogP contribution in [0.15, 0.2) is 36.5 Å². The number of fused-ring (bicyclic) bond motifs is 1. The first-order chi connectivity index (χ1) is 11.8. The minimum absolute atomic E-state index is 0.00626. The van der Waals surface area contributed by atoms with E-state index in [-0.39, 0.29) is 12.5 Å². The van der Waals surface area contributed by atoms with E-state index < -0.39 is 0 Å². The average molecular weight is 324 g/mol. The second-order valence-corrected chi connectivity index (χ2v) is 6.16. The summed E-state index contributed by atoms with van der Waals surface area (Å²) >= 11 is 0. The number of hydrogen-bond donors (Lipinski definition) is 1. The third-order valence-corrected chi connectivity index (χ3v) is 4.29. The largest absolute Gasteiger partial charge is 0.482 e. The normalized spacial score (nSPS) is 16.5. The first kappa shape index (κ1) is 14.9. The number of aromatic nitrogens is 2. The van der Waals surface area contributed by atoms with E-state index in [1.54, 1.807) is 4.90 Å². The van der Waals surface area contributed by atoms with Crippen LogP contribution in [0, 0.1) is 0 Å². The highest BCUT2D eigenvalue weighted by molar-refractivity contribution is 5.97. The van der Waals surface area contributed by atoms with E-state index in [1.807, 2.05) is 36.5 Å². The highest BCUT2D eigenvalue weighted by Gasteiger charge is 2.26. The van der Waals surface area contributed by atoms with Gasteiger partial charge in [0.25, 0.3) is 5.91 Å². The lowest BCUT2D eigenvalue weighted by atomic mass is 10.2. The van der Waals surface area contributed by atoms with Gasteiger partial charge in [-0.2, -0.15) is 0 Å². The lowest BCUT2D eigenvalue weighted by molar-refractivity contribution is -0.121. The standard InChI is InChI=1S/C18H20N4O2/c23-17-12-24-15-5-2-1-4-14(15)22(17)11-3-9-19-16-8-10-20-18(21-16)13-6-7-13/h1-2,4-5,8,10,13H,3,6-7,9,11-12H2,(H,19,20,21). The fourth-order valence-corrected chi connectivity index (χ4v) is 2.86. The number of carbonyl (C=O) groups is 1. The Bertz CT molecular complexity index is 745. The van der Waals surface area contributed by atoms with E-state index in [0.29, 0.717) is 12.5 Å². The number of benzene rings is 1. The molecule has 6 heteroatoms. The molecule has 2 heterocycles. The van der Waals surface area contributed by atoms with Gasteiger partial charge in [-0.05, 0) is 37.5 Å². The molecule has 1 aliphatic heterocycles. The van der Waals surface area contributed by atoms with Crippen molar-refractivity contribution in [2.75, 3.05) is 29.9 Å². The van der Waals surface area contributed by atoms with Crippen LogP contribution in [0.3, 0.4) is 0 Å². The number of rotatable bonds is 6. The summed E-state index contributed by atoms with van der Waals surface area (Å²) in [5, 5.41) is 3.33. The van der Waals surface area contributed by atoms with Gasteiger partial charge in [0.2, 0.25) is 0 Å². The molecule has 2 aromatic rings. The highest BCUT2D eigenvalue weighted by Crippen LogP contribution is 2.38. The molecule has 0 bridgehead atoms. The number of carbonyl (C=O) groups excluding carboxylic acids is 1. The summed E-state index contributed by atoms with van der Waals surface area (Å²) in [6, 6.07) is 9.55. The Labute approximate surface area is 140 Å². The van der Waals surface area contributed by atoms with Crippen molar-refractivity contribution < 1.29 is 9.53 Å². The quantitative estimate of drug-likeness (QED) is 0.827. The minimum atomic E-state index is 0.00626. The van der Waals surface area contributed by atoms with E-state index in [2.05, 4.69) is 15.3 Å². The van der Waals surface area contributed by atoms with E-state index in [4.69, 9.17) is 4.74 Å². The van der Waals surface area contributed by atoms with Gasteiger partial charge in [0, 0.05) is 25.2 Å². The molecule has 0 saturated heterocycles. The first-order valence-electron chi connectivity index (χ1n) is 8.40. The molecule has 6 nitrogen and oxygen atoms in total. The zero-order valence-electron chi connectivity index (χ0n) is 13.4. The molecule has 0 unspecified atom stereocenters. The maximum Gasteiger partial charge on any atom is 0.265 e. The summed E-state index contributed by atoms with van der Waals surface area (Å²) in [4.78, 5) is 22.8. The van der Waals surface area contributed by atoms with Crippen molar-refractivity contribution in [2.45, 2.75) is 25.2 Å². The zero-order valence-corrected chi connectivity index (χ0v) is 13.4. The van der Waals surface area contributed by atoms with Gasteiger partial charge in [-0.25, -0.2) is 9.97 Å². The summed E-state index contributed by atoms with van der Waals surface area (Å²) in [6.45, 7) is 1.53. The maximum absolute atomic E-state index is 12.1. The molecule has 0 atom stereocenters. The Morgan fingerprint density at radius 2 is 2.12 bits per heavy atom. The van der Waals surface area contributed by atoms with E-state index in [9.17, 15) is 4.79 Å². The SMILES string of the molecule is O=C1COc2ccccc2N1CCCNc1ccnc(C2CC2)n1. The van der Waals surface area contributed by atoms with E-state index in [0.717, 1.165) is 36.0 Å². The lowest BCUT2D eigenvalue weighted by Crippen LogP contribution is -2.39. The number of ether oxygens (including phenoxy) is 1. The van der Waals surface area contributed by atoms with Crippen LogP contribution in [0.4, 0.5) is 11.5 Å². The summed E-state index contributed by atoms with van der Waals surface area (Å²) in [6.07, 6.45) is 5.04. The van der Waals surface area contributed by atoms with Crippen molar-refractivity contribution in [1.82, 2.24) is 9.97 Å². The Morgan fingerprint density at radius 3 is 3.00 bits per heavy atom.